The van der Waals surface area contributed by atoms with Gasteiger partial charge in [-0.3, -0.25) is 0 Å². The van der Waals surface area contributed by atoms with Crippen LogP contribution in [0.15, 0.2) is 12.1 Å². The number of rotatable bonds is 5. The number of hydrogen-bond donors (Lipinski definition) is 2. The summed E-state index contributed by atoms with van der Waals surface area (Å²) in [5, 5.41) is 5.91. The number of nitrogens with one attached hydrogen (secondary N) is 2. The molecular weight excluding hydrogens is 283 g/mol. The largest absolute Gasteiger partial charge is 0.416 e. The predicted molar refractivity (Wildman–Crippen MR) is 75.5 cm³/mol. The van der Waals surface area contributed by atoms with Crippen molar-refractivity contribution in [1.82, 2.24) is 4.98 Å². The van der Waals surface area contributed by atoms with Gasteiger partial charge < -0.3 is 15.4 Å². The van der Waals surface area contributed by atoms with Crippen molar-refractivity contribution in [2.75, 3.05) is 24.3 Å². The summed E-state index contributed by atoms with van der Waals surface area (Å²) in [6.07, 6.45) is -1.65. The zero-order chi connectivity index (χ0) is 15.5. The summed E-state index contributed by atoms with van der Waals surface area (Å²) in [6.45, 7) is 2.33. The summed E-state index contributed by atoms with van der Waals surface area (Å²) in [6, 6.07) is 2.18. The summed E-state index contributed by atoms with van der Waals surface area (Å²) >= 11 is 0. The zero-order valence-electron chi connectivity index (χ0n) is 12.1. The van der Waals surface area contributed by atoms with Gasteiger partial charge in [0.05, 0.1) is 11.7 Å². The van der Waals surface area contributed by atoms with Gasteiger partial charge in [0.1, 0.15) is 11.6 Å². The van der Waals surface area contributed by atoms with Crippen molar-refractivity contribution in [3.8, 4) is 0 Å². The molecule has 2 atom stereocenters. The number of aromatic nitrogens is 1. The van der Waals surface area contributed by atoms with Gasteiger partial charge >= 0.3 is 6.18 Å². The molecule has 0 saturated heterocycles. The fourth-order valence-electron chi connectivity index (χ4n) is 2.53. The monoisotopic (exact) mass is 303 g/mol. The van der Waals surface area contributed by atoms with E-state index in [0.29, 0.717) is 6.54 Å². The number of pyridine rings is 1. The minimum absolute atomic E-state index is 0.0976. The molecule has 2 rings (SSSR count). The Morgan fingerprint density at radius 2 is 2.00 bits per heavy atom. The molecular formula is C14H20F3N3O. The van der Waals surface area contributed by atoms with E-state index >= 15 is 0 Å². The number of nitrogens with zero attached hydrogens (tertiary/aromatic N) is 1. The minimum Gasteiger partial charge on any atom is -0.381 e. The second-order valence-electron chi connectivity index (χ2n) is 5.17. The Kier molecular flexibility index (Phi) is 4.92. The number of anilines is 2. The highest BCUT2D eigenvalue weighted by Gasteiger charge is 2.32. The second-order valence-corrected chi connectivity index (χ2v) is 5.17. The van der Waals surface area contributed by atoms with Crippen LogP contribution in [0.25, 0.3) is 0 Å². The fourth-order valence-corrected chi connectivity index (χ4v) is 2.53. The molecule has 1 fully saturated rings. The Labute approximate surface area is 122 Å². The van der Waals surface area contributed by atoms with E-state index < -0.39 is 11.7 Å². The molecule has 0 radical (unpaired) electrons. The molecule has 7 heteroatoms. The summed E-state index contributed by atoms with van der Waals surface area (Å²) in [5.41, 5.74) is -0.697. The molecule has 1 saturated carbocycles. The minimum atomic E-state index is -4.38. The highest BCUT2D eigenvalue weighted by molar-refractivity contribution is 5.50. The first kappa shape index (κ1) is 15.9. The quantitative estimate of drug-likeness (QED) is 0.874. The average molecular weight is 303 g/mol. The van der Waals surface area contributed by atoms with E-state index in [2.05, 4.69) is 15.6 Å². The molecule has 118 valence electrons. The maximum atomic E-state index is 12.9. The summed E-state index contributed by atoms with van der Waals surface area (Å²) < 4.78 is 44.0. The number of halogens is 3. The molecule has 1 aromatic heterocycles. The van der Waals surface area contributed by atoms with Crippen LogP contribution in [0.1, 0.15) is 31.7 Å². The van der Waals surface area contributed by atoms with Crippen molar-refractivity contribution in [3.63, 3.8) is 0 Å². The van der Waals surface area contributed by atoms with E-state index in [4.69, 9.17) is 4.74 Å². The van der Waals surface area contributed by atoms with Crippen LogP contribution in [0.2, 0.25) is 0 Å². The van der Waals surface area contributed by atoms with Gasteiger partial charge in [-0.15, -0.1) is 0 Å². The van der Waals surface area contributed by atoms with Gasteiger partial charge in [0.15, 0.2) is 0 Å². The number of methoxy groups -OCH3 is 1. The highest BCUT2D eigenvalue weighted by Crippen LogP contribution is 2.33. The van der Waals surface area contributed by atoms with Crippen molar-refractivity contribution in [2.45, 2.75) is 44.5 Å². The first-order valence-electron chi connectivity index (χ1n) is 7.05. The van der Waals surface area contributed by atoms with Crippen molar-refractivity contribution >= 4 is 11.6 Å². The molecule has 0 aliphatic heterocycles. The number of ether oxygens (including phenoxy) is 1. The zero-order valence-corrected chi connectivity index (χ0v) is 12.1. The van der Waals surface area contributed by atoms with Gasteiger partial charge in [-0.2, -0.15) is 13.2 Å². The van der Waals surface area contributed by atoms with Crippen LogP contribution in [0.5, 0.6) is 0 Å². The standard InChI is InChI=1S/C14H20F3N3O/c1-3-18-12-6-9(14(15,16)17)7-13(20-12)19-10-4-5-11(8-10)21-2/h6-7,10-11H,3-5,8H2,1-2H3,(H2,18,19,20). The molecule has 1 aliphatic carbocycles. The Bertz CT molecular complexity index is 479. The molecule has 2 unspecified atom stereocenters. The third-order valence-electron chi connectivity index (χ3n) is 3.58. The predicted octanol–water partition coefficient (Wildman–Crippen LogP) is 3.51. The molecule has 1 heterocycles. The van der Waals surface area contributed by atoms with E-state index in [1.165, 1.54) is 0 Å². The van der Waals surface area contributed by atoms with Crippen LogP contribution in [0.3, 0.4) is 0 Å². The van der Waals surface area contributed by atoms with E-state index in [-0.39, 0.29) is 23.8 Å². The molecule has 4 nitrogen and oxygen atoms in total. The fraction of sp³-hybridized carbons (Fsp3) is 0.643. The summed E-state index contributed by atoms with van der Waals surface area (Å²) in [7, 11) is 1.65. The van der Waals surface area contributed by atoms with E-state index in [1.807, 2.05) is 6.92 Å². The van der Waals surface area contributed by atoms with Crippen LogP contribution in [0, 0.1) is 0 Å². The van der Waals surface area contributed by atoms with Gasteiger partial charge in [-0.1, -0.05) is 0 Å². The van der Waals surface area contributed by atoms with E-state index in [0.717, 1.165) is 31.4 Å². The summed E-state index contributed by atoms with van der Waals surface area (Å²) in [4.78, 5) is 4.19. The maximum absolute atomic E-state index is 12.9. The third-order valence-corrected chi connectivity index (χ3v) is 3.58. The normalized spacial score (nSPS) is 22.3. The third kappa shape index (κ3) is 4.23. The Morgan fingerprint density at radius 1 is 1.29 bits per heavy atom. The lowest BCUT2D eigenvalue weighted by atomic mass is 10.2. The van der Waals surface area contributed by atoms with E-state index in [1.54, 1.807) is 7.11 Å². The van der Waals surface area contributed by atoms with Gasteiger partial charge in [-0.25, -0.2) is 4.98 Å². The molecule has 0 bridgehead atoms. The summed E-state index contributed by atoms with van der Waals surface area (Å²) in [5.74, 6) is 0.485. The van der Waals surface area contributed by atoms with Crippen LogP contribution >= 0.6 is 0 Å². The SMILES string of the molecule is CCNc1cc(C(F)(F)F)cc(NC2CCC(OC)C2)n1. The first-order chi connectivity index (χ1) is 9.92. The number of alkyl halides is 3. The molecule has 21 heavy (non-hydrogen) atoms. The Hall–Kier alpha value is -1.50. The molecule has 0 aromatic carbocycles. The topological polar surface area (TPSA) is 46.2 Å². The smallest absolute Gasteiger partial charge is 0.381 e. The van der Waals surface area contributed by atoms with Crippen LogP contribution in [-0.2, 0) is 10.9 Å². The van der Waals surface area contributed by atoms with Gasteiger partial charge in [0, 0.05) is 19.7 Å². The lowest BCUT2D eigenvalue weighted by molar-refractivity contribution is -0.137. The van der Waals surface area contributed by atoms with Crippen LogP contribution in [-0.4, -0.2) is 30.8 Å². The Balaban J connectivity index is 2.16. The molecule has 1 aliphatic rings. The van der Waals surface area contributed by atoms with Crippen LogP contribution < -0.4 is 10.6 Å². The lowest BCUT2D eigenvalue weighted by Crippen LogP contribution is -2.19. The van der Waals surface area contributed by atoms with E-state index in [9.17, 15) is 13.2 Å². The van der Waals surface area contributed by atoms with Gasteiger partial charge in [-0.05, 0) is 38.3 Å². The first-order valence-corrected chi connectivity index (χ1v) is 7.05. The Morgan fingerprint density at radius 3 is 2.57 bits per heavy atom. The molecule has 1 aromatic rings. The molecule has 0 spiro atoms. The molecule has 0 amide bonds. The van der Waals surface area contributed by atoms with Crippen molar-refractivity contribution < 1.29 is 17.9 Å². The second kappa shape index (κ2) is 6.51. The van der Waals surface area contributed by atoms with Gasteiger partial charge in [0.2, 0.25) is 0 Å². The number of hydrogen-bond acceptors (Lipinski definition) is 4. The lowest BCUT2D eigenvalue weighted by Gasteiger charge is -2.17. The average Bonchev–Trinajstić information content (AvgIpc) is 2.85. The maximum Gasteiger partial charge on any atom is 0.416 e. The van der Waals surface area contributed by atoms with Crippen molar-refractivity contribution in [3.05, 3.63) is 17.7 Å². The van der Waals surface area contributed by atoms with Gasteiger partial charge in [0.25, 0.3) is 0 Å². The van der Waals surface area contributed by atoms with Crippen molar-refractivity contribution in [2.24, 2.45) is 0 Å². The highest BCUT2D eigenvalue weighted by atomic mass is 19.4. The van der Waals surface area contributed by atoms with Crippen molar-refractivity contribution in [1.29, 1.82) is 0 Å². The molecule has 2 N–H and O–H groups in total. The van der Waals surface area contributed by atoms with Crippen LogP contribution in [0.4, 0.5) is 24.8 Å².